The molecule has 3 rings (SSSR count). The van der Waals surface area contributed by atoms with Gasteiger partial charge < -0.3 is 30.1 Å². The molecule has 1 aromatic carbocycles. The Kier molecular flexibility index (Phi) is 6.60. The number of benzene rings is 1. The van der Waals surface area contributed by atoms with Crippen LogP contribution in [0.3, 0.4) is 0 Å². The first-order valence-corrected chi connectivity index (χ1v) is 9.28. The lowest BCUT2D eigenvalue weighted by atomic mass is 9.97. The molecule has 0 bridgehead atoms. The van der Waals surface area contributed by atoms with Crippen LogP contribution in [0.25, 0.3) is 0 Å². The molecule has 1 saturated heterocycles. The highest BCUT2D eigenvalue weighted by atomic mass is 16.7. The minimum absolute atomic E-state index is 0.0212. The van der Waals surface area contributed by atoms with Crippen molar-refractivity contribution in [3.05, 3.63) is 35.4 Å². The van der Waals surface area contributed by atoms with Gasteiger partial charge in [-0.3, -0.25) is 19.3 Å². The fourth-order valence-electron chi connectivity index (χ4n) is 3.54. The summed E-state index contributed by atoms with van der Waals surface area (Å²) in [5.74, 6) is -1.24. The molecule has 3 amide bonds. The quantitative estimate of drug-likeness (QED) is 0.405. The molecule has 2 heterocycles. The zero-order valence-corrected chi connectivity index (χ0v) is 15.9. The third-order valence-electron chi connectivity index (χ3n) is 5.10. The van der Waals surface area contributed by atoms with E-state index in [-0.39, 0.29) is 31.2 Å². The van der Waals surface area contributed by atoms with Gasteiger partial charge in [0.25, 0.3) is 11.8 Å². The van der Waals surface area contributed by atoms with Crippen molar-refractivity contribution in [3.8, 4) is 0 Å². The molecule has 0 aliphatic carbocycles. The number of carbonyl (C=O) groups excluding carboxylic acids is 3. The van der Waals surface area contributed by atoms with E-state index in [1.807, 2.05) is 0 Å². The summed E-state index contributed by atoms with van der Waals surface area (Å²) in [7, 11) is 1.31. The van der Waals surface area contributed by atoms with E-state index in [1.54, 1.807) is 24.3 Å². The minimum Gasteiger partial charge on any atom is -0.394 e. The third kappa shape index (κ3) is 4.16. The van der Waals surface area contributed by atoms with E-state index in [9.17, 15) is 29.7 Å². The van der Waals surface area contributed by atoms with Crippen molar-refractivity contribution in [1.29, 1.82) is 0 Å². The third-order valence-corrected chi connectivity index (χ3v) is 5.10. The van der Waals surface area contributed by atoms with Gasteiger partial charge in [-0.25, -0.2) is 0 Å². The maximum Gasteiger partial charge on any atom is 0.261 e. The summed E-state index contributed by atoms with van der Waals surface area (Å²) >= 11 is 0. The predicted octanol–water partition coefficient (Wildman–Crippen LogP) is -1.37. The first-order chi connectivity index (χ1) is 13.9. The van der Waals surface area contributed by atoms with Crippen molar-refractivity contribution in [2.75, 3.05) is 20.3 Å². The minimum atomic E-state index is -1.40. The molecule has 1 aromatic rings. The summed E-state index contributed by atoms with van der Waals surface area (Å²) in [5.41, 5.74) is 0.694. The predicted molar refractivity (Wildman–Crippen MR) is 97.7 cm³/mol. The smallest absolute Gasteiger partial charge is 0.261 e. The number of ether oxygens (including phenoxy) is 2. The van der Waals surface area contributed by atoms with Crippen LogP contribution in [0.1, 0.15) is 33.6 Å². The highest BCUT2D eigenvalue weighted by Gasteiger charge is 2.45. The molecular weight excluding hydrogens is 384 g/mol. The van der Waals surface area contributed by atoms with Gasteiger partial charge in [-0.05, 0) is 18.6 Å². The molecule has 0 saturated carbocycles. The van der Waals surface area contributed by atoms with Crippen LogP contribution in [0.4, 0.5) is 0 Å². The Balaban J connectivity index is 1.53. The summed E-state index contributed by atoms with van der Waals surface area (Å²) in [4.78, 5) is 38.0. The zero-order chi connectivity index (χ0) is 21.1. The van der Waals surface area contributed by atoms with Crippen molar-refractivity contribution in [2.24, 2.45) is 0 Å². The molecule has 29 heavy (non-hydrogen) atoms. The van der Waals surface area contributed by atoms with Crippen molar-refractivity contribution in [2.45, 2.75) is 43.5 Å². The Morgan fingerprint density at radius 3 is 2.34 bits per heavy atom. The van der Waals surface area contributed by atoms with Crippen molar-refractivity contribution >= 4 is 17.7 Å². The van der Waals surface area contributed by atoms with E-state index < -0.39 is 43.2 Å². The Morgan fingerprint density at radius 2 is 1.79 bits per heavy atom. The Morgan fingerprint density at radius 1 is 1.17 bits per heavy atom. The van der Waals surface area contributed by atoms with Crippen molar-refractivity contribution < 1.29 is 39.2 Å². The number of nitrogens with one attached hydrogen (secondary N) is 1. The molecule has 4 N–H and O–H groups in total. The fourth-order valence-corrected chi connectivity index (χ4v) is 3.54. The van der Waals surface area contributed by atoms with Crippen LogP contribution >= 0.6 is 0 Å². The Labute approximate surface area is 167 Å². The van der Waals surface area contributed by atoms with E-state index >= 15 is 0 Å². The summed E-state index contributed by atoms with van der Waals surface area (Å²) in [5, 5.41) is 31.9. The van der Waals surface area contributed by atoms with Crippen LogP contribution in [0.5, 0.6) is 0 Å². The monoisotopic (exact) mass is 408 g/mol. The fraction of sp³-hybridized carbons (Fsp3) is 0.526. The Bertz CT molecular complexity index is 748. The van der Waals surface area contributed by atoms with E-state index in [1.165, 1.54) is 7.11 Å². The molecule has 158 valence electrons. The van der Waals surface area contributed by atoms with Gasteiger partial charge in [-0.2, -0.15) is 0 Å². The molecule has 0 radical (unpaired) electrons. The number of aliphatic hydroxyl groups excluding tert-OH is 3. The molecule has 0 aromatic heterocycles. The van der Waals surface area contributed by atoms with Gasteiger partial charge in [0.1, 0.15) is 24.4 Å². The van der Waals surface area contributed by atoms with Crippen LogP contribution in [0.2, 0.25) is 0 Å². The number of hydrogen-bond acceptors (Lipinski definition) is 8. The number of imide groups is 1. The molecule has 2 aliphatic heterocycles. The zero-order valence-electron chi connectivity index (χ0n) is 15.9. The first kappa shape index (κ1) is 21.3. The molecule has 0 spiro atoms. The standard InChI is InChI=1S/C19H24N2O8/c1-28-19-14(16(25)15(24)12(9-22)29-19)20-13(23)7-4-8-21-17(26)10-5-2-3-6-11(10)18(21)27/h2-3,5-6,12,14-16,19,22,24-25H,4,7-9H2,1H3,(H,20,23)/t12-,14-,15-,16-,19+/m1/s1. The highest BCUT2D eigenvalue weighted by molar-refractivity contribution is 6.21. The van der Waals surface area contributed by atoms with Gasteiger partial charge in [0.05, 0.1) is 17.7 Å². The summed E-state index contributed by atoms with van der Waals surface area (Å²) in [6.45, 7) is -0.439. The molecule has 10 nitrogen and oxygen atoms in total. The van der Waals surface area contributed by atoms with Crippen LogP contribution in [-0.2, 0) is 14.3 Å². The van der Waals surface area contributed by atoms with Crippen LogP contribution in [-0.4, -0.2) is 88.8 Å². The van der Waals surface area contributed by atoms with Gasteiger partial charge in [-0.1, -0.05) is 12.1 Å². The second-order valence-corrected chi connectivity index (χ2v) is 6.95. The van der Waals surface area contributed by atoms with E-state index in [2.05, 4.69) is 5.32 Å². The average Bonchev–Trinajstić information content (AvgIpc) is 2.97. The molecule has 5 atom stereocenters. The van der Waals surface area contributed by atoms with Crippen molar-refractivity contribution in [1.82, 2.24) is 10.2 Å². The Hall–Kier alpha value is -2.37. The van der Waals surface area contributed by atoms with Gasteiger partial charge >= 0.3 is 0 Å². The number of carbonyl (C=O) groups is 3. The second-order valence-electron chi connectivity index (χ2n) is 6.95. The van der Waals surface area contributed by atoms with E-state index in [0.29, 0.717) is 11.1 Å². The van der Waals surface area contributed by atoms with Crippen LogP contribution in [0.15, 0.2) is 24.3 Å². The van der Waals surface area contributed by atoms with Crippen LogP contribution < -0.4 is 5.32 Å². The number of fused-ring (bicyclic) bond motifs is 1. The molecule has 0 unspecified atom stereocenters. The highest BCUT2D eigenvalue weighted by Crippen LogP contribution is 2.23. The number of rotatable bonds is 7. The average molecular weight is 408 g/mol. The molecular formula is C19H24N2O8. The molecule has 10 heteroatoms. The molecule has 1 fully saturated rings. The van der Waals surface area contributed by atoms with Gasteiger partial charge in [0.2, 0.25) is 5.91 Å². The number of aliphatic hydroxyl groups is 3. The lowest BCUT2D eigenvalue weighted by Crippen LogP contribution is -2.64. The number of hydrogen-bond donors (Lipinski definition) is 4. The normalized spacial score (nSPS) is 29.1. The molecule has 2 aliphatic rings. The maximum atomic E-state index is 12.3. The van der Waals surface area contributed by atoms with Crippen LogP contribution in [0, 0.1) is 0 Å². The lowest BCUT2D eigenvalue weighted by Gasteiger charge is -2.41. The number of methoxy groups -OCH3 is 1. The van der Waals surface area contributed by atoms with E-state index in [4.69, 9.17) is 9.47 Å². The van der Waals surface area contributed by atoms with E-state index in [0.717, 1.165) is 4.90 Å². The summed E-state index contributed by atoms with van der Waals surface area (Å²) < 4.78 is 10.4. The van der Waals surface area contributed by atoms with Gasteiger partial charge in [0, 0.05) is 20.1 Å². The summed E-state index contributed by atoms with van der Waals surface area (Å²) in [6, 6.07) is 5.50. The topological polar surface area (TPSA) is 146 Å². The maximum absolute atomic E-state index is 12.3. The SMILES string of the molecule is CO[C@H]1O[C@H](CO)[C@@H](O)[C@H](O)[C@H]1NC(=O)CCCN1C(=O)c2ccccc2C1=O. The second kappa shape index (κ2) is 8.97. The van der Waals surface area contributed by atoms with Gasteiger partial charge in [0.15, 0.2) is 6.29 Å². The largest absolute Gasteiger partial charge is 0.394 e. The lowest BCUT2D eigenvalue weighted by molar-refractivity contribution is -0.262. The first-order valence-electron chi connectivity index (χ1n) is 9.28. The van der Waals surface area contributed by atoms with Crippen molar-refractivity contribution in [3.63, 3.8) is 0 Å². The van der Waals surface area contributed by atoms with Gasteiger partial charge in [-0.15, -0.1) is 0 Å². The number of nitrogens with zero attached hydrogens (tertiary/aromatic N) is 1. The summed E-state index contributed by atoms with van der Waals surface area (Å²) in [6.07, 6.45) is -4.67. The number of amides is 3.